The Bertz CT molecular complexity index is 186. The number of piperidine rings is 1. The Kier molecular flexibility index (Phi) is 5.55. The molecule has 0 bridgehead atoms. The minimum atomic E-state index is -4.05. The highest BCUT2D eigenvalue weighted by atomic mass is 19.4. The molecule has 1 N–H and O–H groups in total. The first-order valence-electron chi connectivity index (χ1n) is 6.01. The molecular formula is C11H21F3N2. The summed E-state index contributed by atoms with van der Waals surface area (Å²) in [5, 5.41) is 3.33. The number of halogens is 3. The summed E-state index contributed by atoms with van der Waals surface area (Å²) in [4.78, 5) is 1.51. The minimum Gasteiger partial charge on any atom is -0.316 e. The molecule has 0 aromatic carbocycles. The molecule has 1 saturated heterocycles. The fraction of sp³-hybridized carbons (Fsp3) is 1.00. The van der Waals surface area contributed by atoms with Crippen molar-refractivity contribution < 1.29 is 13.2 Å². The molecule has 0 amide bonds. The topological polar surface area (TPSA) is 15.3 Å². The smallest absolute Gasteiger partial charge is 0.316 e. The van der Waals surface area contributed by atoms with Gasteiger partial charge in [0, 0.05) is 0 Å². The summed E-state index contributed by atoms with van der Waals surface area (Å²) >= 11 is 0. The third-order valence-corrected chi connectivity index (χ3v) is 2.97. The fourth-order valence-corrected chi connectivity index (χ4v) is 2.09. The number of alkyl halides is 3. The van der Waals surface area contributed by atoms with Crippen molar-refractivity contribution >= 4 is 0 Å². The SMILES string of the molecule is CCCNCC1CCN(CC(F)(F)F)CC1. The molecule has 0 spiro atoms. The average Bonchev–Trinajstić information content (AvgIpc) is 2.19. The Morgan fingerprint density at radius 1 is 1.25 bits per heavy atom. The van der Waals surface area contributed by atoms with E-state index in [0.29, 0.717) is 19.0 Å². The first-order chi connectivity index (χ1) is 7.51. The summed E-state index contributed by atoms with van der Waals surface area (Å²) in [7, 11) is 0. The van der Waals surface area contributed by atoms with Crippen LogP contribution >= 0.6 is 0 Å². The standard InChI is InChI=1S/C11H21F3N2/c1-2-5-15-8-10-3-6-16(7-4-10)9-11(12,13)14/h10,15H,2-9H2,1H3. The number of nitrogens with zero attached hydrogens (tertiary/aromatic N) is 1. The van der Waals surface area contributed by atoms with Crippen LogP contribution in [-0.4, -0.2) is 43.8 Å². The maximum Gasteiger partial charge on any atom is 0.401 e. The van der Waals surface area contributed by atoms with E-state index in [-0.39, 0.29) is 0 Å². The zero-order chi connectivity index (χ0) is 12.0. The van der Waals surface area contributed by atoms with Crippen LogP contribution in [0.25, 0.3) is 0 Å². The summed E-state index contributed by atoms with van der Waals surface area (Å²) in [6.45, 7) is 4.48. The summed E-state index contributed by atoms with van der Waals surface area (Å²) in [5.74, 6) is 0.552. The van der Waals surface area contributed by atoms with Gasteiger partial charge >= 0.3 is 6.18 Å². The summed E-state index contributed by atoms with van der Waals surface area (Å²) in [5.41, 5.74) is 0. The van der Waals surface area contributed by atoms with Crippen molar-refractivity contribution in [3.05, 3.63) is 0 Å². The van der Waals surface area contributed by atoms with Crippen molar-refractivity contribution in [2.24, 2.45) is 5.92 Å². The van der Waals surface area contributed by atoms with Crippen molar-refractivity contribution in [1.82, 2.24) is 10.2 Å². The molecule has 0 aliphatic carbocycles. The van der Waals surface area contributed by atoms with Gasteiger partial charge in [0.1, 0.15) is 0 Å². The lowest BCUT2D eigenvalue weighted by Crippen LogP contribution is -2.41. The molecule has 1 aliphatic rings. The number of hydrogen-bond donors (Lipinski definition) is 1. The second kappa shape index (κ2) is 6.45. The Hall–Kier alpha value is -0.290. The predicted molar refractivity (Wildman–Crippen MR) is 58.4 cm³/mol. The molecule has 0 radical (unpaired) electrons. The van der Waals surface area contributed by atoms with Crippen LogP contribution in [0.3, 0.4) is 0 Å². The van der Waals surface area contributed by atoms with Crippen molar-refractivity contribution in [3.63, 3.8) is 0 Å². The fourth-order valence-electron chi connectivity index (χ4n) is 2.09. The van der Waals surface area contributed by atoms with E-state index in [1.165, 1.54) is 4.90 Å². The Morgan fingerprint density at radius 3 is 2.38 bits per heavy atom. The van der Waals surface area contributed by atoms with Crippen molar-refractivity contribution in [2.45, 2.75) is 32.4 Å². The van der Waals surface area contributed by atoms with Gasteiger partial charge in [-0.2, -0.15) is 13.2 Å². The van der Waals surface area contributed by atoms with Gasteiger partial charge in [-0.1, -0.05) is 6.92 Å². The lowest BCUT2D eigenvalue weighted by atomic mass is 9.97. The maximum atomic E-state index is 12.1. The van der Waals surface area contributed by atoms with E-state index >= 15 is 0 Å². The third kappa shape index (κ3) is 5.70. The monoisotopic (exact) mass is 238 g/mol. The predicted octanol–water partition coefficient (Wildman–Crippen LogP) is 2.26. The van der Waals surface area contributed by atoms with Crippen LogP contribution < -0.4 is 5.32 Å². The number of hydrogen-bond acceptors (Lipinski definition) is 2. The molecular weight excluding hydrogens is 217 g/mol. The summed E-state index contributed by atoms with van der Waals surface area (Å²) in [6.07, 6.45) is -1.18. The Morgan fingerprint density at radius 2 is 1.88 bits per heavy atom. The molecule has 96 valence electrons. The van der Waals surface area contributed by atoms with Gasteiger partial charge in [0.05, 0.1) is 6.54 Å². The van der Waals surface area contributed by atoms with Crippen LogP contribution in [0.15, 0.2) is 0 Å². The van der Waals surface area contributed by atoms with Gasteiger partial charge in [0.15, 0.2) is 0 Å². The summed E-state index contributed by atoms with van der Waals surface area (Å²) in [6, 6.07) is 0. The highest BCUT2D eigenvalue weighted by Crippen LogP contribution is 2.21. The quantitative estimate of drug-likeness (QED) is 0.739. The van der Waals surface area contributed by atoms with Crippen LogP contribution in [-0.2, 0) is 0 Å². The molecule has 16 heavy (non-hydrogen) atoms. The average molecular weight is 238 g/mol. The molecule has 1 rings (SSSR count). The zero-order valence-electron chi connectivity index (χ0n) is 9.82. The van der Waals surface area contributed by atoms with E-state index in [4.69, 9.17) is 0 Å². The molecule has 1 heterocycles. The van der Waals surface area contributed by atoms with Crippen LogP contribution in [0.5, 0.6) is 0 Å². The van der Waals surface area contributed by atoms with E-state index in [2.05, 4.69) is 12.2 Å². The number of nitrogens with one attached hydrogen (secondary N) is 1. The maximum absolute atomic E-state index is 12.1. The Balaban J connectivity index is 2.13. The van der Waals surface area contributed by atoms with Gasteiger partial charge in [-0.05, 0) is 51.4 Å². The van der Waals surface area contributed by atoms with E-state index in [9.17, 15) is 13.2 Å². The molecule has 5 heteroatoms. The van der Waals surface area contributed by atoms with Gasteiger partial charge in [-0.15, -0.1) is 0 Å². The zero-order valence-corrected chi connectivity index (χ0v) is 9.82. The van der Waals surface area contributed by atoms with Crippen molar-refractivity contribution in [2.75, 3.05) is 32.7 Å². The second-order valence-corrected chi connectivity index (χ2v) is 4.54. The summed E-state index contributed by atoms with van der Waals surface area (Å²) < 4.78 is 36.4. The van der Waals surface area contributed by atoms with E-state index < -0.39 is 12.7 Å². The number of likely N-dealkylation sites (tertiary alicyclic amines) is 1. The normalized spacial score (nSPS) is 20.2. The molecule has 1 aliphatic heterocycles. The van der Waals surface area contributed by atoms with Crippen LogP contribution in [0.1, 0.15) is 26.2 Å². The van der Waals surface area contributed by atoms with Gasteiger partial charge in [-0.25, -0.2) is 0 Å². The lowest BCUT2D eigenvalue weighted by Gasteiger charge is -2.32. The van der Waals surface area contributed by atoms with Gasteiger partial charge in [0.25, 0.3) is 0 Å². The van der Waals surface area contributed by atoms with Crippen LogP contribution in [0.2, 0.25) is 0 Å². The third-order valence-electron chi connectivity index (χ3n) is 2.97. The van der Waals surface area contributed by atoms with Crippen LogP contribution in [0, 0.1) is 5.92 Å². The molecule has 0 saturated carbocycles. The van der Waals surface area contributed by atoms with Crippen molar-refractivity contribution in [3.8, 4) is 0 Å². The van der Waals surface area contributed by atoms with E-state index in [1.54, 1.807) is 0 Å². The van der Waals surface area contributed by atoms with Crippen LogP contribution in [0.4, 0.5) is 13.2 Å². The molecule has 0 atom stereocenters. The van der Waals surface area contributed by atoms with Gasteiger partial charge in [0.2, 0.25) is 0 Å². The highest BCUT2D eigenvalue weighted by molar-refractivity contribution is 4.75. The molecule has 0 unspecified atom stereocenters. The molecule has 0 aromatic rings. The molecule has 1 fully saturated rings. The lowest BCUT2D eigenvalue weighted by molar-refractivity contribution is -0.148. The largest absolute Gasteiger partial charge is 0.401 e. The minimum absolute atomic E-state index is 0.552. The first kappa shape index (κ1) is 13.8. The van der Waals surface area contributed by atoms with Gasteiger partial charge < -0.3 is 5.32 Å². The second-order valence-electron chi connectivity index (χ2n) is 4.54. The highest BCUT2D eigenvalue weighted by Gasteiger charge is 2.32. The molecule has 0 aromatic heterocycles. The molecule has 2 nitrogen and oxygen atoms in total. The Labute approximate surface area is 95.2 Å². The van der Waals surface area contributed by atoms with Crippen molar-refractivity contribution in [1.29, 1.82) is 0 Å². The van der Waals surface area contributed by atoms with Gasteiger partial charge in [-0.3, -0.25) is 4.90 Å². The van der Waals surface area contributed by atoms with E-state index in [0.717, 1.165) is 32.4 Å². The van der Waals surface area contributed by atoms with E-state index in [1.807, 2.05) is 0 Å². The number of rotatable bonds is 5. The first-order valence-corrected chi connectivity index (χ1v) is 6.01.